The molecule has 0 aliphatic heterocycles. The summed E-state index contributed by atoms with van der Waals surface area (Å²) in [5.41, 5.74) is -0.479. The first-order chi connectivity index (χ1) is 12.2. The van der Waals surface area contributed by atoms with Gasteiger partial charge in [0.15, 0.2) is 0 Å². The van der Waals surface area contributed by atoms with Crippen molar-refractivity contribution in [2.45, 2.75) is 25.9 Å². The molecule has 4 nitrogen and oxygen atoms in total. The van der Waals surface area contributed by atoms with Crippen LogP contribution in [0.5, 0.6) is 0 Å². The number of benzene rings is 2. The SMILES string of the molecule is Cc1ccc(NC(=O)C2(C(=O)Nc3cccc(C(F)(F)F)c3)CC2)cc1. The van der Waals surface area contributed by atoms with Crippen LogP contribution in [0.1, 0.15) is 24.0 Å². The van der Waals surface area contributed by atoms with Gasteiger partial charge < -0.3 is 10.6 Å². The summed E-state index contributed by atoms with van der Waals surface area (Å²) in [5.74, 6) is -1.05. The van der Waals surface area contributed by atoms with Crippen LogP contribution in [0.25, 0.3) is 0 Å². The van der Waals surface area contributed by atoms with E-state index in [4.69, 9.17) is 0 Å². The molecule has 0 atom stereocenters. The molecule has 0 bridgehead atoms. The van der Waals surface area contributed by atoms with E-state index in [9.17, 15) is 22.8 Å². The van der Waals surface area contributed by atoms with Crippen LogP contribution >= 0.6 is 0 Å². The summed E-state index contributed by atoms with van der Waals surface area (Å²) >= 11 is 0. The minimum Gasteiger partial charge on any atom is -0.325 e. The molecule has 1 aliphatic rings. The van der Waals surface area contributed by atoms with Crippen molar-refractivity contribution in [1.82, 2.24) is 0 Å². The Morgan fingerprint density at radius 1 is 0.923 bits per heavy atom. The van der Waals surface area contributed by atoms with Gasteiger partial charge in [-0.15, -0.1) is 0 Å². The van der Waals surface area contributed by atoms with Crippen LogP contribution in [0.4, 0.5) is 24.5 Å². The molecule has 0 spiro atoms. The van der Waals surface area contributed by atoms with E-state index in [1.165, 1.54) is 12.1 Å². The summed E-state index contributed by atoms with van der Waals surface area (Å²) in [4.78, 5) is 25.0. The number of anilines is 2. The van der Waals surface area contributed by atoms with Gasteiger partial charge in [0.05, 0.1) is 5.56 Å². The van der Waals surface area contributed by atoms with Crippen molar-refractivity contribution >= 4 is 23.2 Å². The average Bonchev–Trinajstić information content (AvgIpc) is 3.38. The number of amides is 2. The number of hydrogen-bond donors (Lipinski definition) is 2. The van der Waals surface area contributed by atoms with E-state index in [1.54, 1.807) is 12.1 Å². The fraction of sp³-hybridized carbons (Fsp3) is 0.263. The topological polar surface area (TPSA) is 58.2 Å². The zero-order valence-corrected chi connectivity index (χ0v) is 14.0. The Labute approximate surface area is 148 Å². The van der Waals surface area contributed by atoms with Crippen LogP contribution in [-0.2, 0) is 15.8 Å². The summed E-state index contributed by atoms with van der Waals surface area (Å²) in [5, 5.41) is 5.13. The minimum absolute atomic E-state index is 0.0132. The lowest BCUT2D eigenvalue weighted by atomic mass is 10.0. The zero-order valence-electron chi connectivity index (χ0n) is 14.0. The molecule has 1 aliphatic carbocycles. The van der Waals surface area contributed by atoms with Crippen molar-refractivity contribution in [1.29, 1.82) is 0 Å². The lowest BCUT2D eigenvalue weighted by Crippen LogP contribution is -2.35. The molecular weight excluding hydrogens is 345 g/mol. The zero-order chi connectivity index (χ0) is 18.9. The van der Waals surface area contributed by atoms with Crippen LogP contribution in [0.2, 0.25) is 0 Å². The Morgan fingerprint density at radius 3 is 2.04 bits per heavy atom. The van der Waals surface area contributed by atoms with Gasteiger partial charge in [-0.05, 0) is 50.1 Å². The van der Waals surface area contributed by atoms with Gasteiger partial charge in [-0.2, -0.15) is 13.2 Å². The van der Waals surface area contributed by atoms with Crippen LogP contribution in [0.3, 0.4) is 0 Å². The number of halogens is 3. The second-order valence-corrected chi connectivity index (χ2v) is 6.43. The Hall–Kier alpha value is -2.83. The number of hydrogen-bond acceptors (Lipinski definition) is 2. The minimum atomic E-state index is -4.50. The summed E-state index contributed by atoms with van der Waals surface area (Å²) in [6.07, 6.45) is -3.79. The molecule has 1 saturated carbocycles. The van der Waals surface area contributed by atoms with Crippen molar-refractivity contribution in [3.63, 3.8) is 0 Å². The Bertz CT molecular complexity index is 841. The van der Waals surface area contributed by atoms with E-state index < -0.39 is 29.0 Å². The molecule has 2 aromatic rings. The van der Waals surface area contributed by atoms with Crippen molar-refractivity contribution in [2.75, 3.05) is 10.6 Å². The maximum Gasteiger partial charge on any atom is 0.416 e. The first-order valence-corrected chi connectivity index (χ1v) is 8.08. The molecule has 136 valence electrons. The third-order valence-electron chi connectivity index (χ3n) is 4.38. The monoisotopic (exact) mass is 362 g/mol. The molecule has 0 saturated heterocycles. The van der Waals surface area contributed by atoms with E-state index in [1.807, 2.05) is 19.1 Å². The lowest BCUT2D eigenvalue weighted by molar-refractivity contribution is -0.137. The number of carbonyl (C=O) groups is 2. The predicted molar refractivity (Wildman–Crippen MR) is 91.5 cm³/mol. The molecule has 7 heteroatoms. The third-order valence-corrected chi connectivity index (χ3v) is 4.38. The normalized spacial score (nSPS) is 15.2. The van der Waals surface area contributed by atoms with Gasteiger partial charge in [0.2, 0.25) is 11.8 Å². The fourth-order valence-electron chi connectivity index (χ4n) is 2.59. The first-order valence-electron chi connectivity index (χ1n) is 8.08. The molecule has 0 unspecified atom stereocenters. The summed E-state index contributed by atoms with van der Waals surface area (Å²) in [6.45, 7) is 1.91. The van der Waals surface area contributed by atoms with Crippen LogP contribution in [0, 0.1) is 12.3 Å². The second kappa shape index (κ2) is 6.48. The fourth-order valence-corrected chi connectivity index (χ4v) is 2.59. The molecule has 1 fully saturated rings. The van der Waals surface area contributed by atoms with Gasteiger partial charge >= 0.3 is 6.18 Å². The van der Waals surface area contributed by atoms with Gasteiger partial charge in [0, 0.05) is 11.4 Å². The molecule has 26 heavy (non-hydrogen) atoms. The molecule has 3 rings (SSSR count). The molecular formula is C19H17F3N2O2. The Balaban J connectivity index is 1.71. The average molecular weight is 362 g/mol. The molecule has 2 aromatic carbocycles. The van der Waals surface area contributed by atoms with E-state index in [2.05, 4.69) is 10.6 Å². The van der Waals surface area contributed by atoms with Gasteiger partial charge in [-0.25, -0.2) is 0 Å². The number of nitrogens with one attached hydrogen (secondary N) is 2. The van der Waals surface area contributed by atoms with Gasteiger partial charge in [-0.1, -0.05) is 23.8 Å². The van der Waals surface area contributed by atoms with E-state index in [0.717, 1.165) is 17.7 Å². The highest BCUT2D eigenvalue weighted by atomic mass is 19.4. The lowest BCUT2D eigenvalue weighted by Gasteiger charge is -2.16. The molecule has 2 N–H and O–H groups in total. The smallest absolute Gasteiger partial charge is 0.325 e. The Morgan fingerprint density at radius 2 is 1.50 bits per heavy atom. The van der Waals surface area contributed by atoms with Crippen LogP contribution in [0.15, 0.2) is 48.5 Å². The Kier molecular flexibility index (Phi) is 4.48. The molecule has 2 amide bonds. The number of rotatable bonds is 4. The summed E-state index contributed by atoms with van der Waals surface area (Å²) < 4.78 is 38.3. The number of carbonyl (C=O) groups excluding carboxylic acids is 2. The highest BCUT2D eigenvalue weighted by Crippen LogP contribution is 2.47. The van der Waals surface area contributed by atoms with Crippen molar-refractivity contribution < 1.29 is 22.8 Å². The van der Waals surface area contributed by atoms with Crippen molar-refractivity contribution in [2.24, 2.45) is 5.41 Å². The largest absolute Gasteiger partial charge is 0.416 e. The van der Waals surface area contributed by atoms with Gasteiger partial charge in [0.1, 0.15) is 5.41 Å². The van der Waals surface area contributed by atoms with Gasteiger partial charge in [0.25, 0.3) is 0 Å². The van der Waals surface area contributed by atoms with Crippen LogP contribution < -0.4 is 10.6 Å². The predicted octanol–water partition coefficient (Wildman–Crippen LogP) is 4.37. The third kappa shape index (κ3) is 3.71. The summed E-state index contributed by atoms with van der Waals surface area (Å²) in [7, 11) is 0. The van der Waals surface area contributed by atoms with Crippen LogP contribution in [-0.4, -0.2) is 11.8 Å². The highest BCUT2D eigenvalue weighted by Gasteiger charge is 2.56. The second-order valence-electron chi connectivity index (χ2n) is 6.43. The van der Waals surface area contributed by atoms with Gasteiger partial charge in [-0.3, -0.25) is 9.59 Å². The first kappa shape index (κ1) is 18.0. The summed E-state index contributed by atoms with van der Waals surface area (Å²) in [6, 6.07) is 11.5. The van der Waals surface area contributed by atoms with E-state index in [-0.39, 0.29) is 5.69 Å². The van der Waals surface area contributed by atoms with Crippen molar-refractivity contribution in [3.8, 4) is 0 Å². The highest BCUT2D eigenvalue weighted by molar-refractivity contribution is 6.16. The molecule has 0 heterocycles. The quantitative estimate of drug-likeness (QED) is 0.794. The molecule has 0 radical (unpaired) electrons. The maximum absolute atomic E-state index is 12.8. The number of alkyl halides is 3. The standard InChI is InChI=1S/C19H17F3N2O2/c1-12-5-7-14(8-6-12)23-16(25)18(9-10-18)17(26)24-15-4-2-3-13(11-15)19(20,21)22/h2-8,11H,9-10H2,1H3,(H,23,25)(H,24,26). The van der Waals surface area contributed by atoms with Crippen molar-refractivity contribution in [3.05, 3.63) is 59.7 Å². The van der Waals surface area contributed by atoms with E-state index >= 15 is 0 Å². The maximum atomic E-state index is 12.8. The van der Waals surface area contributed by atoms with E-state index in [0.29, 0.717) is 18.5 Å². The molecule has 0 aromatic heterocycles. The number of aryl methyl sites for hydroxylation is 1.